The number of carbonyl (C=O) groups excluding carboxylic acids is 2. The van der Waals surface area contributed by atoms with Crippen LogP contribution in [0.3, 0.4) is 0 Å². The molecule has 2 aromatic rings. The van der Waals surface area contributed by atoms with Gasteiger partial charge in [-0.1, -0.05) is 6.07 Å². The third-order valence-electron chi connectivity index (χ3n) is 5.06. The summed E-state index contributed by atoms with van der Waals surface area (Å²) in [5, 5.41) is 0. The molecule has 25 heavy (non-hydrogen) atoms. The van der Waals surface area contributed by atoms with Gasteiger partial charge in [-0.25, -0.2) is 4.98 Å². The minimum absolute atomic E-state index is 0.0565. The quantitative estimate of drug-likeness (QED) is 0.814. The number of carbonyl (C=O) groups is 2. The van der Waals surface area contributed by atoms with Crippen LogP contribution in [-0.2, 0) is 16.0 Å². The fourth-order valence-electron chi connectivity index (χ4n) is 3.88. The Morgan fingerprint density at radius 2 is 2.08 bits per heavy atom. The van der Waals surface area contributed by atoms with E-state index in [4.69, 9.17) is 9.47 Å². The molecule has 0 aliphatic carbocycles. The topological polar surface area (TPSA) is 87.8 Å². The molecule has 1 aromatic carbocycles. The minimum atomic E-state index is -0.530. The lowest BCUT2D eigenvalue weighted by Crippen LogP contribution is -2.62. The number of nitrogens with zero attached hydrogens (tertiary/aromatic N) is 3. The van der Waals surface area contributed by atoms with E-state index in [0.29, 0.717) is 17.9 Å². The molecule has 2 amide bonds. The van der Waals surface area contributed by atoms with Gasteiger partial charge in [0.15, 0.2) is 11.5 Å². The lowest BCUT2D eigenvalue weighted by Gasteiger charge is -2.45. The molecule has 8 nitrogen and oxygen atoms in total. The summed E-state index contributed by atoms with van der Waals surface area (Å²) in [4.78, 5) is 36.1. The van der Waals surface area contributed by atoms with E-state index in [1.807, 2.05) is 18.2 Å². The van der Waals surface area contributed by atoms with Gasteiger partial charge in [-0.2, -0.15) is 0 Å². The number of amides is 2. The maximum atomic E-state index is 12.8. The van der Waals surface area contributed by atoms with Gasteiger partial charge in [0.25, 0.3) is 0 Å². The first-order valence-electron chi connectivity index (χ1n) is 8.11. The Morgan fingerprint density at radius 3 is 2.96 bits per heavy atom. The van der Waals surface area contributed by atoms with Gasteiger partial charge in [0.05, 0.1) is 24.3 Å². The molecular weight excluding hydrogens is 324 g/mol. The van der Waals surface area contributed by atoms with Gasteiger partial charge in [0.1, 0.15) is 12.1 Å². The van der Waals surface area contributed by atoms with E-state index in [0.717, 1.165) is 17.0 Å². The fraction of sp³-hybridized carbons (Fsp3) is 0.353. The Balaban J connectivity index is 1.66. The molecule has 4 heterocycles. The second kappa shape index (κ2) is 4.98. The predicted octanol–water partition coefficient (Wildman–Crippen LogP) is 0.453. The number of benzene rings is 1. The van der Waals surface area contributed by atoms with Crippen LogP contribution in [0.25, 0.3) is 0 Å². The molecule has 0 unspecified atom stereocenters. The van der Waals surface area contributed by atoms with Crippen molar-refractivity contribution >= 4 is 11.8 Å². The number of aromatic amines is 1. The van der Waals surface area contributed by atoms with E-state index >= 15 is 0 Å². The summed E-state index contributed by atoms with van der Waals surface area (Å²) in [6, 6.07) is 4.69. The van der Waals surface area contributed by atoms with Crippen molar-refractivity contribution in [3.8, 4) is 11.5 Å². The van der Waals surface area contributed by atoms with E-state index in [1.165, 1.54) is 4.90 Å². The number of piperazine rings is 1. The van der Waals surface area contributed by atoms with Crippen LogP contribution in [0.4, 0.5) is 0 Å². The van der Waals surface area contributed by atoms with Crippen molar-refractivity contribution < 1.29 is 19.1 Å². The number of aromatic nitrogens is 2. The second-order valence-electron chi connectivity index (χ2n) is 6.49. The van der Waals surface area contributed by atoms with Gasteiger partial charge in [-0.3, -0.25) is 9.59 Å². The highest BCUT2D eigenvalue weighted by atomic mass is 16.7. The van der Waals surface area contributed by atoms with Crippen molar-refractivity contribution in [1.82, 2.24) is 19.8 Å². The average Bonchev–Trinajstić information content (AvgIpc) is 3.26. The predicted molar refractivity (Wildman–Crippen MR) is 85.0 cm³/mol. The zero-order valence-electron chi connectivity index (χ0n) is 13.6. The molecule has 3 aliphatic rings. The second-order valence-corrected chi connectivity index (χ2v) is 6.49. The summed E-state index contributed by atoms with van der Waals surface area (Å²) in [5.41, 5.74) is 2.53. The molecule has 0 bridgehead atoms. The van der Waals surface area contributed by atoms with Gasteiger partial charge < -0.3 is 24.3 Å². The minimum Gasteiger partial charge on any atom is -0.454 e. The third kappa shape index (κ3) is 1.97. The smallest absolute Gasteiger partial charge is 0.246 e. The first-order chi connectivity index (χ1) is 12.1. The lowest BCUT2D eigenvalue weighted by atomic mass is 9.89. The summed E-state index contributed by atoms with van der Waals surface area (Å²) in [6.45, 7) is 0.271. The molecule has 2 atom stereocenters. The highest BCUT2D eigenvalue weighted by Crippen LogP contribution is 2.42. The molecule has 1 aromatic heterocycles. The molecule has 0 saturated carbocycles. The number of nitrogens with one attached hydrogen (secondary N) is 1. The summed E-state index contributed by atoms with van der Waals surface area (Å²) in [6.07, 6.45) is 2.04. The lowest BCUT2D eigenvalue weighted by molar-refractivity contribution is -0.157. The zero-order chi connectivity index (χ0) is 17.1. The summed E-state index contributed by atoms with van der Waals surface area (Å²) < 4.78 is 10.8. The number of hydrogen-bond donors (Lipinski definition) is 1. The number of ether oxygens (including phenoxy) is 2. The largest absolute Gasteiger partial charge is 0.454 e. The van der Waals surface area contributed by atoms with Crippen LogP contribution < -0.4 is 9.47 Å². The average molecular weight is 340 g/mol. The number of hydrogen-bond acceptors (Lipinski definition) is 5. The van der Waals surface area contributed by atoms with Gasteiger partial charge in [0.2, 0.25) is 18.6 Å². The van der Waals surface area contributed by atoms with Crippen molar-refractivity contribution in [2.75, 3.05) is 20.4 Å². The molecule has 1 fully saturated rings. The van der Waals surface area contributed by atoms with Crippen LogP contribution in [0.5, 0.6) is 11.5 Å². The van der Waals surface area contributed by atoms with Crippen LogP contribution in [0.15, 0.2) is 24.5 Å². The highest BCUT2D eigenvalue weighted by Gasteiger charge is 2.47. The monoisotopic (exact) mass is 340 g/mol. The molecule has 1 N–H and O–H groups in total. The van der Waals surface area contributed by atoms with E-state index in [-0.39, 0.29) is 25.2 Å². The van der Waals surface area contributed by atoms with E-state index in [1.54, 1.807) is 18.3 Å². The first kappa shape index (κ1) is 14.3. The summed E-state index contributed by atoms with van der Waals surface area (Å²) >= 11 is 0. The Morgan fingerprint density at radius 1 is 1.24 bits per heavy atom. The van der Waals surface area contributed by atoms with Crippen LogP contribution in [0.1, 0.15) is 23.0 Å². The van der Waals surface area contributed by atoms with E-state index in [9.17, 15) is 9.59 Å². The molecule has 1 saturated heterocycles. The third-order valence-corrected chi connectivity index (χ3v) is 5.06. The van der Waals surface area contributed by atoms with Gasteiger partial charge in [-0.15, -0.1) is 0 Å². The van der Waals surface area contributed by atoms with Gasteiger partial charge >= 0.3 is 0 Å². The van der Waals surface area contributed by atoms with E-state index < -0.39 is 12.1 Å². The molecule has 8 heteroatoms. The van der Waals surface area contributed by atoms with Crippen molar-refractivity contribution in [1.29, 1.82) is 0 Å². The maximum absolute atomic E-state index is 12.8. The maximum Gasteiger partial charge on any atom is 0.246 e. The van der Waals surface area contributed by atoms with Crippen molar-refractivity contribution in [2.24, 2.45) is 0 Å². The summed E-state index contributed by atoms with van der Waals surface area (Å²) in [5.74, 6) is 1.20. The molecule has 5 rings (SSSR count). The molecule has 0 radical (unpaired) electrons. The van der Waals surface area contributed by atoms with Crippen LogP contribution in [-0.4, -0.2) is 58.0 Å². The molecule has 0 spiro atoms. The Labute approximate surface area is 143 Å². The number of imidazole rings is 1. The number of fused-ring (bicyclic) bond motifs is 3. The van der Waals surface area contributed by atoms with E-state index in [2.05, 4.69) is 9.97 Å². The van der Waals surface area contributed by atoms with Crippen molar-refractivity contribution in [2.45, 2.75) is 18.5 Å². The Hall–Kier alpha value is -3.03. The standard InChI is InChI=1S/C17H16N4O4/c1-20-6-14(22)21-11(17(20)23)5-10-15(19-7-18-10)16(21)9-2-3-12-13(4-9)25-8-24-12/h2-4,7,11,16H,5-6,8H2,1H3,(H,18,19)/t11-,16-/m1/s1. The Bertz CT molecular complexity index is 893. The highest BCUT2D eigenvalue weighted by molar-refractivity contribution is 5.95. The van der Waals surface area contributed by atoms with Gasteiger partial charge in [0, 0.05) is 13.5 Å². The first-order valence-corrected chi connectivity index (χ1v) is 8.11. The number of likely N-dealkylation sites (N-methyl/N-ethyl adjacent to an activating group) is 1. The SMILES string of the molecule is CN1CC(=O)N2[C@H](c3ccc4c(c3)OCO4)c3[nH]cnc3C[C@@H]2C1=O. The van der Waals surface area contributed by atoms with Crippen LogP contribution in [0.2, 0.25) is 0 Å². The van der Waals surface area contributed by atoms with Crippen LogP contribution >= 0.6 is 0 Å². The van der Waals surface area contributed by atoms with Gasteiger partial charge in [-0.05, 0) is 17.7 Å². The number of rotatable bonds is 1. The van der Waals surface area contributed by atoms with Crippen molar-refractivity contribution in [3.63, 3.8) is 0 Å². The Kier molecular flexibility index (Phi) is 2.85. The zero-order valence-corrected chi connectivity index (χ0v) is 13.6. The van der Waals surface area contributed by atoms with Crippen LogP contribution in [0, 0.1) is 0 Å². The fourth-order valence-corrected chi connectivity index (χ4v) is 3.88. The summed E-state index contributed by atoms with van der Waals surface area (Å²) in [7, 11) is 1.66. The molecular formula is C17H16N4O4. The number of H-pyrrole nitrogens is 1. The molecule has 3 aliphatic heterocycles. The molecule has 128 valence electrons. The normalized spacial score (nSPS) is 24.4. The van der Waals surface area contributed by atoms with Crippen molar-refractivity contribution in [3.05, 3.63) is 41.5 Å².